The van der Waals surface area contributed by atoms with Gasteiger partial charge in [-0.3, -0.25) is 0 Å². The SMILES string of the molecule is COC(=O)C1(C)CC(N)CCO1.Cl. The van der Waals surface area contributed by atoms with Gasteiger partial charge in [-0.25, -0.2) is 4.79 Å². The molecule has 0 aliphatic carbocycles. The zero-order valence-corrected chi connectivity index (χ0v) is 8.73. The van der Waals surface area contributed by atoms with Crippen LogP contribution in [-0.4, -0.2) is 31.3 Å². The molecule has 0 bridgehead atoms. The average Bonchev–Trinajstić information content (AvgIpc) is 2.02. The molecule has 1 saturated heterocycles. The summed E-state index contributed by atoms with van der Waals surface area (Å²) in [6, 6.07) is 0.0443. The van der Waals surface area contributed by atoms with E-state index in [1.165, 1.54) is 7.11 Å². The smallest absolute Gasteiger partial charge is 0.337 e. The maximum Gasteiger partial charge on any atom is 0.337 e. The van der Waals surface area contributed by atoms with Gasteiger partial charge in [-0.05, 0) is 13.3 Å². The summed E-state index contributed by atoms with van der Waals surface area (Å²) in [5, 5.41) is 0. The third-order valence-electron chi connectivity index (χ3n) is 2.18. The Morgan fingerprint density at radius 2 is 2.31 bits per heavy atom. The molecule has 0 spiro atoms. The highest BCUT2D eigenvalue weighted by molar-refractivity contribution is 5.85. The lowest BCUT2D eigenvalue weighted by molar-refractivity contribution is -0.173. The van der Waals surface area contributed by atoms with Crippen molar-refractivity contribution >= 4 is 18.4 Å². The van der Waals surface area contributed by atoms with Crippen LogP contribution < -0.4 is 5.73 Å². The molecular weight excluding hydrogens is 194 g/mol. The van der Waals surface area contributed by atoms with Crippen molar-refractivity contribution in [3.05, 3.63) is 0 Å². The fourth-order valence-corrected chi connectivity index (χ4v) is 1.46. The Labute approximate surface area is 84.2 Å². The maximum atomic E-state index is 11.2. The van der Waals surface area contributed by atoms with E-state index in [2.05, 4.69) is 4.74 Å². The summed E-state index contributed by atoms with van der Waals surface area (Å²) in [5.41, 5.74) is 4.89. The molecule has 1 aliphatic rings. The van der Waals surface area contributed by atoms with Crippen molar-refractivity contribution in [2.75, 3.05) is 13.7 Å². The van der Waals surface area contributed by atoms with E-state index in [9.17, 15) is 4.79 Å². The number of nitrogens with two attached hydrogens (primary N) is 1. The molecule has 0 aromatic carbocycles. The number of carbonyl (C=O) groups is 1. The molecule has 2 unspecified atom stereocenters. The molecule has 1 fully saturated rings. The summed E-state index contributed by atoms with van der Waals surface area (Å²) < 4.78 is 9.96. The monoisotopic (exact) mass is 209 g/mol. The van der Waals surface area contributed by atoms with E-state index < -0.39 is 5.60 Å². The number of rotatable bonds is 1. The topological polar surface area (TPSA) is 61.5 Å². The number of esters is 1. The minimum absolute atomic E-state index is 0. The van der Waals surface area contributed by atoms with Crippen LogP contribution >= 0.6 is 12.4 Å². The minimum Gasteiger partial charge on any atom is -0.467 e. The number of hydrogen-bond donors (Lipinski definition) is 1. The molecule has 0 aromatic rings. The van der Waals surface area contributed by atoms with Crippen LogP contribution in [0.2, 0.25) is 0 Å². The molecule has 0 saturated carbocycles. The summed E-state index contributed by atoms with van der Waals surface area (Å²) in [5.74, 6) is -0.336. The summed E-state index contributed by atoms with van der Waals surface area (Å²) in [4.78, 5) is 11.2. The second kappa shape index (κ2) is 4.79. The predicted octanol–water partition coefficient (Wildman–Crippen LogP) is 0.478. The van der Waals surface area contributed by atoms with Crippen LogP contribution in [0, 0.1) is 0 Å². The first-order chi connectivity index (χ1) is 5.58. The van der Waals surface area contributed by atoms with Gasteiger partial charge in [0.1, 0.15) is 0 Å². The van der Waals surface area contributed by atoms with Crippen molar-refractivity contribution in [2.45, 2.75) is 31.4 Å². The Morgan fingerprint density at radius 1 is 1.69 bits per heavy atom. The van der Waals surface area contributed by atoms with Crippen molar-refractivity contribution in [3.63, 3.8) is 0 Å². The highest BCUT2D eigenvalue weighted by atomic mass is 35.5. The van der Waals surface area contributed by atoms with Crippen molar-refractivity contribution in [1.82, 2.24) is 0 Å². The second-order valence-electron chi connectivity index (χ2n) is 3.32. The van der Waals surface area contributed by atoms with E-state index >= 15 is 0 Å². The van der Waals surface area contributed by atoms with Crippen molar-refractivity contribution < 1.29 is 14.3 Å². The molecule has 1 aliphatic heterocycles. The van der Waals surface area contributed by atoms with E-state index in [0.717, 1.165) is 6.42 Å². The lowest BCUT2D eigenvalue weighted by Crippen LogP contribution is -2.48. The van der Waals surface area contributed by atoms with Crippen LogP contribution in [0.3, 0.4) is 0 Å². The molecule has 0 radical (unpaired) electrons. The van der Waals surface area contributed by atoms with Gasteiger partial charge in [-0.15, -0.1) is 12.4 Å². The Morgan fingerprint density at radius 3 is 2.77 bits per heavy atom. The van der Waals surface area contributed by atoms with Crippen molar-refractivity contribution in [3.8, 4) is 0 Å². The molecule has 1 rings (SSSR count). The number of hydrogen-bond acceptors (Lipinski definition) is 4. The third kappa shape index (κ3) is 2.83. The highest BCUT2D eigenvalue weighted by Crippen LogP contribution is 2.24. The van der Waals surface area contributed by atoms with Gasteiger partial charge in [0.2, 0.25) is 0 Å². The summed E-state index contributed by atoms with van der Waals surface area (Å²) in [6.07, 6.45) is 1.35. The number of ether oxygens (including phenoxy) is 2. The van der Waals surface area contributed by atoms with Gasteiger partial charge in [0, 0.05) is 19.1 Å². The first kappa shape index (κ1) is 12.7. The van der Waals surface area contributed by atoms with E-state index in [4.69, 9.17) is 10.5 Å². The number of halogens is 1. The van der Waals surface area contributed by atoms with Gasteiger partial charge >= 0.3 is 5.97 Å². The molecule has 2 atom stereocenters. The molecule has 0 aromatic heterocycles. The Balaban J connectivity index is 0.00000144. The Hall–Kier alpha value is -0.320. The van der Waals surface area contributed by atoms with Crippen LogP contribution in [0.4, 0.5) is 0 Å². The normalized spacial score (nSPS) is 33.3. The quantitative estimate of drug-likeness (QED) is 0.638. The zero-order chi connectivity index (χ0) is 9.19. The van der Waals surface area contributed by atoms with E-state index in [1.54, 1.807) is 6.92 Å². The molecule has 1 heterocycles. The minimum atomic E-state index is -0.827. The molecule has 4 nitrogen and oxygen atoms in total. The number of methoxy groups -OCH3 is 1. The largest absolute Gasteiger partial charge is 0.467 e. The van der Waals surface area contributed by atoms with Crippen molar-refractivity contribution in [1.29, 1.82) is 0 Å². The van der Waals surface area contributed by atoms with Gasteiger partial charge < -0.3 is 15.2 Å². The van der Waals surface area contributed by atoms with Crippen LogP contribution in [0.15, 0.2) is 0 Å². The zero-order valence-electron chi connectivity index (χ0n) is 7.91. The molecule has 13 heavy (non-hydrogen) atoms. The van der Waals surface area contributed by atoms with Gasteiger partial charge in [0.15, 0.2) is 5.60 Å². The summed E-state index contributed by atoms with van der Waals surface area (Å²) in [6.45, 7) is 2.25. The molecule has 78 valence electrons. The Bertz CT molecular complexity index is 188. The predicted molar refractivity (Wildman–Crippen MR) is 50.8 cm³/mol. The Kier molecular flexibility index (Phi) is 4.67. The molecule has 2 N–H and O–H groups in total. The van der Waals surface area contributed by atoms with E-state index in [1.807, 2.05) is 0 Å². The van der Waals surface area contributed by atoms with Crippen molar-refractivity contribution in [2.24, 2.45) is 5.73 Å². The van der Waals surface area contributed by atoms with Gasteiger partial charge in [-0.1, -0.05) is 0 Å². The summed E-state index contributed by atoms with van der Waals surface area (Å²) >= 11 is 0. The standard InChI is InChI=1S/C8H15NO3.ClH/c1-8(7(10)11-2)5-6(9)3-4-12-8;/h6H,3-5,9H2,1-2H3;1H. The third-order valence-corrected chi connectivity index (χ3v) is 2.18. The first-order valence-electron chi connectivity index (χ1n) is 4.06. The number of carbonyl (C=O) groups excluding carboxylic acids is 1. The van der Waals surface area contributed by atoms with E-state index in [0.29, 0.717) is 13.0 Å². The maximum absolute atomic E-state index is 11.2. The first-order valence-corrected chi connectivity index (χ1v) is 4.06. The van der Waals surface area contributed by atoms with Gasteiger partial charge in [0.25, 0.3) is 0 Å². The highest BCUT2D eigenvalue weighted by Gasteiger charge is 2.39. The van der Waals surface area contributed by atoms with Crippen LogP contribution in [-0.2, 0) is 14.3 Å². The fourth-order valence-electron chi connectivity index (χ4n) is 1.46. The summed E-state index contributed by atoms with van der Waals surface area (Å²) in [7, 11) is 1.36. The molecular formula is C8H16ClNO3. The molecule has 0 amide bonds. The van der Waals surface area contributed by atoms with Gasteiger partial charge in [0.05, 0.1) is 7.11 Å². The lowest BCUT2D eigenvalue weighted by atomic mass is 9.93. The fraction of sp³-hybridized carbons (Fsp3) is 0.875. The van der Waals surface area contributed by atoms with E-state index in [-0.39, 0.29) is 24.4 Å². The van der Waals surface area contributed by atoms with Gasteiger partial charge in [-0.2, -0.15) is 0 Å². The average molecular weight is 210 g/mol. The van der Waals surface area contributed by atoms with Crippen LogP contribution in [0.1, 0.15) is 19.8 Å². The molecule has 5 heteroatoms. The lowest BCUT2D eigenvalue weighted by Gasteiger charge is -2.34. The van der Waals surface area contributed by atoms with Crippen LogP contribution in [0.25, 0.3) is 0 Å². The second-order valence-corrected chi connectivity index (χ2v) is 3.32. The van der Waals surface area contributed by atoms with Crippen LogP contribution in [0.5, 0.6) is 0 Å².